The molecule has 1 aromatic carbocycles. The van der Waals surface area contributed by atoms with Crippen molar-refractivity contribution in [3.8, 4) is 5.69 Å². The molecule has 0 unspecified atom stereocenters. The minimum Gasteiger partial charge on any atom is -0.462 e. The summed E-state index contributed by atoms with van der Waals surface area (Å²) in [5.74, 6) is 0.0227. The first kappa shape index (κ1) is 14.5. The Kier molecular flexibility index (Phi) is 5.12. The Hall–Kier alpha value is -1.88. The number of nitrogens with zero attached hydrogens (tertiary/aromatic N) is 3. The zero-order valence-corrected chi connectivity index (χ0v) is 12.0. The van der Waals surface area contributed by atoms with Gasteiger partial charge in [-0.3, -0.25) is 0 Å². The van der Waals surface area contributed by atoms with Gasteiger partial charge in [0.25, 0.3) is 0 Å². The van der Waals surface area contributed by atoms with E-state index in [1.807, 2.05) is 0 Å². The molecular weight excluding hydrogens is 278 g/mol. The van der Waals surface area contributed by atoms with Crippen molar-refractivity contribution in [1.82, 2.24) is 15.0 Å². The number of halogens is 1. The van der Waals surface area contributed by atoms with Crippen LogP contribution in [0, 0.1) is 0 Å². The van der Waals surface area contributed by atoms with Gasteiger partial charge >= 0.3 is 5.97 Å². The van der Waals surface area contributed by atoms with Crippen molar-refractivity contribution >= 4 is 17.6 Å². The minimum atomic E-state index is -0.304. The van der Waals surface area contributed by atoms with Gasteiger partial charge in [-0.1, -0.05) is 18.6 Å². The number of unbranched alkanes of at least 4 members (excludes halogenated alkanes) is 1. The molecular formula is C14H16ClN3O2. The van der Waals surface area contributed by atoms with Gasteiger partial charge in [-0.2, -0.15) is 0 Å². The number of rotatable bonds is 6. The average Bonchev–Trinajstić information content (AvgIpc) is 2.96. The number of alkyl halides is 1. The maximum absolute atomic E-state index is 11.8. The van der Waals surface area contributed by atoms with Crippen LogP contribution in [-0.2, 0) is 10.6 Å². The Bertz CT molecular complexity index is 566. The van der Waals surface area contributed by atoms with E-state index in [0.29, 0.717) is 18.1 Å². The van der Waals surface area contributed by atoms with Crippen molar-refractivity contribution in [2.75, 3.05) is 6.61 Å². The summed E-state index contributed by atoms with van der Waals surface area (Å²) in [4.78, 5) is 11.8. The fraction of sp³-hybridized carbons (Fsp3) is 0.357. The van der Waals surface area contributed by atoms with E-state index in [2.05, 4.69) is 17.2 Å². The summed E-state index contributed by atoms with van der Waals surface area (Å²) in [7, 11) is 0. The molecule has 2 aromatic rings. The second-order valence-corrected chi connectivity index (χ2v) is 4.57. The molecule has 0 fully saturated rings. The van der Waals surface area contributed by atoms with Crippen LogP contribution < -0.4 is 0 Å². The van der Waals surface area contributed by atoms with E-state index < -0.39 is 0 Å². The summed E-state index contributed by atoms with van der Waals surface area (Å²) < 4.78 is 6.79. The van der Waals surface area contributed by atoms with Crippen molar-refractivity contribution in [2.24, 2.45) is 0 Å². The van der Waals surface area contributed by atoms with E-state index in [1.165, 1.54) is 0 Å². The molecule has 0 radical (unpaired) electrons. The smallest absolute Gasteiger partial charge is 0.338 e. The van der Waals surface area contributed by atoms with E-state index in [4.69, 9.17) is 16.3 Å². The van der Waals surface area contributed by atoms with Crippen LogP contribution >= 0.6 is 11.6 Å². The molecule has 1 heterocycles. The van der Waals surface area contributed by atoms with Crippen LogP contribution in [0.4, 0.5) is 0 Å². The van der Waals surface area contributed by atoms with E-state index in [9.17, 15) is 4.79 Å². The molecule has 0 aliphatic carbocycles. The quantitative estimate of drug-likeness (QED) is 0.467. The first-order chi connectivity index (χ1) is 9.76. The highest BCUT2D eigenvalue weighted by Gasteiger charge is 2.09. The summed E-state index contributed by atoms with van der Waals surface area (Å²) in [5.41, 5.74) is 2.13. The Balaban J connectivity index is 2.08. The second-order valence-electron chi connectivity index (χ2n) is 4.31. The monoisotopic (exact) mass is 293 g/mol. The molecule has 1 aromatic heterocycles. The van der Waals surface area contributed by atoms with E-state index in [-0.39, 0.29) is 5.97 Å². The van der Waals surface area contributed by atoms with E-state index >= 15 is 0 Å². The van der Waals surface area contributed by atoms with E-state index in [0.717, 1.165) is 24.2 Å². The highest BCUT2D eigenvalue weighted by molar-refractivity contribution is 6.16. The van der Waals surface area contributed by atoms with Crippen LogP contribution in [0.5, 0.6) is 0 Å². The van der Waals surface area contributed by atoms with Crippen LogP contribution in [0.1, 0.15) is 35.8 Å². The Morgan fingerprint density at radius 1 is 1.35 bits per heavy atom. The molecule has 0 amide bonds. The third kappa shape index (κ3) is 3.36. The fourth-order valence-electron chi connectivity index (χ4n) is 1.70. The molecule has 5 nitrogen and oxygen atoms in total. The standard InChI is InChI=1S/C14H16ClN3O2/c1-2-3-8-20-14(19)11-4-6-12(7-5-11)18-13(9-15)10-16-17-18/h4-7,10H,2-3,8-9H2,1H3. The van der Waals surface area contributed by atoms with Crippen molar-refractivity contribution in [3.05, 3.63) is 41.7 Å². The molecule has 0 bridgehead atoms. The SMILES string of the molecule is CCCCOC(=O)c1ccc(-n2nncc2CCl)cc1. The molecule has 20 heavy (non-hydrogen) atoms. The highest BCUT2D eigenvalue weighted by Crippen LogP contribution is 2.13. The number of esters is 1. The lowest BCUT2D eigenvalue weighted by Crippen LogP contribution is -2.07. The van der Waals surface area contributed by atoms with Gasteiger partial charge in [0.2, 0.25) is 0 Å². The van der Waals surface area contributed by atoms with E-state index in [1.54, 1.807) is 35.1 Å². The molecule has 0 N–H and O–H groups in total. The van der Waals surface area contributed by atoms with Crippen LogP contribution in [0.15, 0.2) is 30.5 Å². The lowest BCUT2D eigenvalue weighted by Gasteiger charge is -2.06. The maximum atomic E-state index is 11.8. The van der Waals surface area contributed by atoms with Gasteiger partial charge in [-0.05, 0) is 30.7 Å². The molecule has 0 saturated heterocycles. The summed E-state index contributed by atoms with van der Waals surface area (Å²) in [6.07, 6.45) is 3.49. The van der Waals surface area contributed by atoms with Crippen molar-refractivity contribution in [1.29, 1.82) is 0 Å². The van der Waals surface area contributed by atoms with Crippen LogP contribution in [0.3, 0.4) is 0 Å². The topological polar surface area (TPSA) is 57.0 Å². The number of carbonyl (C=O) groups is 1. The largest absolute Gasteiger partial charge is 0.462 e. The average molecular weight is 294 g/mol. The molecule has 0 spiro atoms. The molecule has 6 heteroatoms. The Morgan fingerprint density at radius 2 is 2.10 bits per heavy atom. The molecule has 2 rings (SSSR count). The minimum absolute atomic E-state index is 0.304. The van der Waals surface area contributed by atoms with Crippen LogP contribution in [0.2, 0.25) is 0 Å². The number of hydrogen-bond acceptors (Lipinski definition) is 4. The predicted octanol–water partition coefficient (Wildman–Crippen LogP) is 2.96. The summed E-state index contributed by atoms with van der Waals surface area (Å²) in [6, 6.07) is 7.01. The summed E-state index contributed by atoms with van der Waals surface area (Å²) >= 11 is 5.80. The van der Waals surface area contributed by atoms with Gasteiger partial charge < -0.3 is 4.74 Å². The molecule has 0 atom stereocenters. The zero-order valence-electron chi connectivity index (χ0n) is 11.3. The van der Waals surface area contributed by atoms with Gasteiger partial charge in [0.05, 0.1) is 35.6 Å². The van der Waals surface area contributed by atoms with Gasteiger partial charge in [0.15, 0.2) is 0 Å². The third-order valence-electron chi connectivity index (χ3n) is 2.84. The summed E-state index contributed by atoms with van der Waals surface area (Å²) in [6.45, 7) is 2.51. The Labute approximate surface area is 122 Å². The number of benzene rings is 1. The molecule has 0 saturated carbocycles. The lowest BCUT2D eigenvalue weighted by molar-refractivity contribution is 0.0500. The zero-order chi connectivity index (χ0) is 14.4. The van der Waals surface area contributed by atoms with Crippen LogP contribution in [-0.4, -0.2) is 27.6 Å². The number of aromatic nitrogens is 3. The highest BCUT2D eigenvalue weighted by atomic mass is 35.5. The second kappa shape index (κ2) is 7.05. The first-order valence-corrected chi connectivity index (χ1v) is 7.02. The maximum Gasteiger partial charge on any atom is 0.338 e. The van der Waals surface area contributed by atoms with Crippen molar-refractivity contribution in [3.63, 3.8) is 0 Å². The first-order valence-electron chi connectivity index (χ1n) is 6.49. The number of carbonyl (C=O) groups excluding carboxylic acids is 1. The molecule has 0 aliphatic rings. The normalized spacial score (nSPS) is 10.5. The van der Waals surface area contributed by atoms with Crippen molar-refractivity contribution < 1.29 is 9.53 Å². The number of ether oxygens (including phenoxy) is 1. The van der Waals surface area contributed by atoms with Gasteiger partial charge in [0, 0.05) is 0 Å². The van der Waals surface area contributed by atoms with Crippen LogP contribution in [0.25, 0.3) is 5.69 Å². The predicted molar refractivity (Wildman–Crippen MR) is 76.1 cm³/mol. The van der Waals surface area contributed by atoms with Crippen molar-refractivity contribution in [2.45, 2.75) is 25.6 Å². The van der Waals surface area contributed by atoms with Gasteiger partial charge in [-0.25, -0.2) is 9.48 Å². The fourth-order valence-corrected chi connectivity index (χ4v) is 1.88. The molecule has 0 aliphatic heterocycles. The van der Waals surface area contributed by atoms with Gasteiger partial charge in [-0.15, -0.1) is 16.7 Å². The summed E-state index contributed by atoms with van der Waals surface area (Å²) in [5, 5.41) is 7.77. The lowest BCUT2D eigenvalue weighted by atomic mass is 10.2. The molecule has 106 valence electrons. The van der Waals surface area contributed by atoms with Gasteiger partial charge in [0.1, 0.15) is 0 Å². The third-order valence-corrected chi connectivity index (χ3v) is 3.11. The Morgan fingerprint density at radius 3 is 2.75 bits per heavy atom. The number of hydrogen-bond donors (Lipinski definition) is 0.